The summed E-state index contributed by atoms with van der Waals surface area (Å²) in [5.74, 6) is 0.885. The molecule has 0 heterocycles. The molecule has 0 spiro atoms. The van der Waals surface area contributed by atoms with Crippen LogP contribution in [0, 0.1) is 23.7 Å². The number of phosphoric ester groups is 2. The first-order chi connectivity index (χ1) is 44.6. The number of phosphoric acid groups is 2. The van der Waals surface area contributed by atoms with Gasteiger partial charge in [-0.3, -0.25) is 37.3 Å². The largest absolute Gasteiger partial charge is 0.472 e. The number of unbranched alkanes of at least 4 members (excludes halogenated alkanes) is 36. The molecule has 3 unspecified atom stereocenters. The van der Waals surface area contributed by atoms with Gasteiger partial charge < -0.3 is 33.8 Å². The fraction of sp³-hybridized carbons (Fsp3) is 0.946. The van der Waals surface area contributed by atoms with Gasteiger partial charge in [0.2, 0.25) is 0 Å². The monoisotopic (exact) mass is 1370 g/mol. The minimum Gasteiger partial charge on any atom is -0.462 e. The fourth-order valence-corrected chi connectivity index (χ4v) is 12.7. The third-order valence-electron chi connectivity index (χ3n) is 17.4. The molecule has 0 aromatic heterocycles. The second-order valence-corrected chi connectivity index (χ2v) is 31.3. The van der Waals surface area contributed by atoms with Crippen molar-refractivity contribution in [3.05, 3.63) is 0 Å². The van der Waals surface area contributed by atoms with Crippen LogP contribution < -0.4 is 0 Å². The molecule has 0 rings (SSSR count). The molecule has 19 heteroatoms. The van der Waals surface area contributed by atoms with Crippen molar-refractivity contribution in [2.24, 2.45) is 23.7 Å². The Hall–Kier alpha value is -1.94. The van der Waals surface area contributed by atoms with Crippen molar-refractivity contribution in [1.82, 2.24) is 0 Å². The molecule has 0 bridgehead atoms. The lowest BCUT2D eigenvalue weighted by atomic mass is 9.99. The van der Waals surface area contributed by atoms with Crippen LogP contribution in [-0.4, -0.2) is 96.7 Å². The van der Waals surface area contributed by atoms with Gasteiger partial charge in [0.1, 0.15) is 19.3 Å². The summed E-state index contributed by atoms with van der Waals surface area (Å²) in [7, 11) is -9.91. The first-order valence-electron chi connectivity index (χ1n) is 38.2. The van der Waals surface area contributed by atoms with Crippen LogP contribution in [0.15, 0.2) is 0 Å². The van der Waals surface area contributed by atoms with Crippen molar-refractivity contribution < 1.29 is 80.2 Å². The van der Waals surface area contributed by atoms with E-state index in [4.69, 9.17) is 37.0 Å². The second-order valence-electron chi connectivity index (χ2n) is 28.4. The van der Waals surface area contributed by atoms with E-state index >= 15 is 0 Å². The highest BCUT2D eigenvalue weighted by Crippen LogP contribution is 2.45. The van der Waals surface area contributed by atoms with Gasteiger partial charge in [0.15, 0.2) is 12.2 Å². The van der Waals surface area contributed by atoms with Crippen LogP contribution >= 0.6 is 15.6 Å². The highest BCUT2D eigenvalue weighted by molar-refractivity contribution is 7.47. The lowest BCUT2D eigenvalue weighted by Crippen LogP contribution is -2.30. The van der Waals surface area contributed by atoms with Gasteiger partial charge in [-0.05, 0) is 49.4 Å². The van der Waals surface area contributed by atoms with Crippen molar-refractivity contribution in [1.29, 1.82) is 0 Å². The van der Waals surface area contributed by atoms with E-state index in [-0.39, 0.29) is 25.7 Å². The molecule has 93 heavy (non-hydrogen) atoms. The smallest absolute Gasteiger partial charge is 0.462 e. The van der Waals surface area contributed by atoms with Crippen molar-refractivity contribution in [2.75, 3.05) is 39.6 Å². The zero-order valence-electron chi connectivity index (χ0n) is 60.9. The predicted octanol–water partition coefficient (Wildman–Crippen LogP) is 21.3. The number of aliphatic hydroxyl groups excluding tert-OH is 1. The Labute approximate surface area is 568 Å². The van der Waals surface area contributed by atoms with Crippen LogP contribution in [0.2, 0.25) is 0 Å². The van der Waals surface area contributed by atoms with Crippen LogP contribution in [0.4, 0.5) is 0 Å². The number of carbonyl (C=O) groups is 4. The zero-order chi connectivity index (χ0) is 68.9. The number of ether oxygens (including phenoxy) is 4. The summed E-state index contributed by atoms with van der Waals surface area (Å²) in [5, 5.41) is 10.6. The van der Waals surface area contributed by atoms with Crippen molar-refractivity contribution in [3.8, 4) is 0 Å². The number of hydrogen-bond donors (Lipinski definition) is 3. The normalized spacial score (nSPS) is 14.5. The molecule has 0 aliphatic rings. The summed E-state index contributed by atoms with van der Waals surface area (Å²) in [6.07, 6.45) is 47.4. The Bertz CT molecular complexity index is 1840. The van der Waals surface area contributed by atoms with E-state index < -0.39 is 97.5 Å². The summed E-state index contributed by atoms with van der Waals surface area (Å²) in [5.41, 5.74) is 0. The van der Waals surface area contributed by atoms with Crippen molar-refractivity contribution >= 4 is 39.5 Å². The van der Waals surface area contributed by atoms with Gasteiger partial charge in [-0.15, -0.1) is 0 Å². The van der Waals surface area contributed by atoms with Gasteiger partial charge >= 0.3 is 39.5 Å². The van der Waals surface area contributed by atoms with E-state index in [1.54, 1.807) is 0 Å². The second kappa shape index (κ2) is 63.5. The Morgan fingerprint density at radius 2 is 0.516 bits per heavy atom. The molecule has 0 aliphatic heterocycles. The fourth-order valence-electron chi connectivity index (χ4n) is 11.2. The van der Waals surface area contributed by atoms with Gasteiger partial charge in [0, 0.05) is 25.7 Å². The molecule has 3 N–H and O–H groups in total. The molecular formula is C74H144O17P2. The lowest BCUT2D eigenvalue weighted by Gasteiger charge is -2.21. The molecule has 17 nitrogen and oxygen atoms in total. The number of esters is 4. The first-order valence-corrected chi connectivity index (χ1v) is 41.2. The molecule has 0 saturated carbocycles. The van der Waals surface area contributed by atoms with E-state index in [1.165, 1.54) is 167 Å². The van der Waals surface area contributed by atoms with Crippen LogP contribution in [0.1, 0.15) is 370 Å². The third-order valence-corrected chi connectivity index (χ3v) is 19.3. The molecule has 552 valence electrons. The Kier molecular flexibility index (Phi) is 62.2. The van der Waals surface area contributed by atoms with Gasteiger partial charge in [0.05, 0.1) is 26.4 Å². The summed E-state index contributed by atoms with van der Waals surface area (Å²) in [4.78, 5) is 72.6. The number of hydrogen-bond acceptors (Lipinski definition) is 15. The predicted molar refractivity (Wildman–Crippen MR) is 377 cm³/mol. The SMILES string of the molecule is CCC(C)CCCCCCCCCCCCCCCCC(=O)O[C@H](COC(=O)CCCCCCCCCCCCCCCC(C)C)COP(=O)(O)OC[C@@H](O)COP(=O)(O)OC[C@@H](COC(=O)CCCCCCCCC(C)C)OC(=O)CCCCCCCCCC(C)C. The molecule has 0 aromatic rings. The van der Waals surface area contributed by atoms with E-state index in [2.05, 4.69) is 55.4 Å². The molecule has 0 aliphatic carbocycles. The minimum atomic E-state index is -4.96. The van der Waals surface area contributed by atoms with Crippen LogP contribution in [0.25, 0.3) is 0 Å². The summed E-state index contributed by atoms with van der Waals surface area (Å²) < 4.78 is 68.4. The Morgan fingerprint density at radius 1 is 0.301 bits per heavy atom. The molecule has 0 amide bonds. The standard InChI is InChI=1S/C74H144O17P2/c1-9-67(8)53-45-37-28-22-18-14-10-11-15-20-24-30-40-48-56-73(78)90-69(60-84-71(76)54-46-38-29-23-19-16-12-13-17-21-26-34-42-50-64(2)3)62-88-92(80,81)86-58-68(75)59-87-93(82,83)89-63-70(61-85-72(77)55-47-39-33-32-36-44-52-66(6)7)91-74(79)57-49-41-31-25-27-35-43-51-65(4)5/h64-70,75H,9-63H2,1-8H3,(H,80,81)(H,82,83)/t67?,68-,69-,70-/m1/s1. The molecular weight excluding hydrogens is 1220 g/mol. The van der Waals surface area contributed by atoms with Gasteiger partial charge in [-0.25, -0.2) is 9.13 Å². The van der Waals surface area contributed by atoms with E-state index in [0.717, 1.165) is 108 Å². The first kappa shape index (κ1) is 91.1. The third kappa shape index (κ3) is 67.0. The highest BCUT2D eigenvalue weighted by atomic mass is 31.2. The van der Waals surface area contributed by atoms with E-state index in [0.29, 0.717) is 37.5 Å². The summed E-state index contributed by atoms with van der Waals surface area (Å²) in [6, 6.07) is 0. The average molecular weight is 1370 g/mol. The Morgan fingerprint density at radius 3 is 0.763 bits per heavy atom. The summed E-state index contributed by atoms with van der Waals surface area (Å²) >= 11 is 0. The van der Waals surface area contributed by atoms with Crippen LogP contribution in [0.5, 0.6) is 0 Å². The zero-order valence-corrected chi connectivity index (χ0v) is 62.7. The summed E-state index contributed by atoms with van der Waals surface area (Å²) in [6.45, 7) is 14.1. The minimum absolute atomic E-state index is 0.102. The number of rotatable bonds is 71. The van der Waals surface area contributed by atoms with Crippen molar-refractivity contribution in [3.63, 3.8) is 0 Å². The highest BCUT2D eigenvalue weighted by Gasteiger charge is 2.30. The topological polar surface area (TPSA) is 237 Å². The molecule has 0 saturated heterocycles. The maximum atomic E-state index is 13.1. The van der Waals surface area contributed by atoms with Crippen LogP contribution in [-0.2, 0) is 65.4 Å². The van der Waals surface area contributed by atoms with Crippen molar-refractivity contribution in [2.45, 2.75) is 388 Å². The van der Waals surface area contributed by atoms with E-state index in [1.807, 2.05) is 0 Å². The lowest BCUT2D eigenvalue weighted by molar-refractivity contribution is -0.161. The molecule has 0 fully saturated rings. The van der Waals surface area contributed by atoms with Gasteiger partial charge in [0.25, 0.3) is 0 Å². The maximum absolute atomic E-state index is 13.1. The molecule has 6 atom stereocenters. The average Bonchev–Trinajstić information content (AvgIpc) is 2.58. The quantitative estimate of drug-likeness (QED) is 0.0222. The van der Waals surface area contributed by atoms with E-state index in [9.17, 15) is 43.2 Å². The number of aliphatic hydroxyl groups is 1. The van der Waals surface area contributed by atoms with Gasteiger partial charge in [-0.2, -0.15) is 0 Å². The maximum Gasteiger partial charge on any atom is 0.472 e. The number of carbonyl (C=O) groups excluding carboxylic acids is 4. The molecule has 0 radical (unpaired) electrons. The van der Waals surface area contributed by atoms with Gasteiger partial charge in [-0.1, -0.05) is 319 Å². The van der Waals surface area contributed by atoms with Crippen LogP contribution in [0.3, 0.4) is 0 Å². The Balaban J connectivity index is 5.22. The molecule has 0 aromatic carbocycles.